The Bertz CT molecular complexity index is 746. The van der Waals surface area contributed by atoms with Crippen molar-refractivity contribution in [2.24, 2.45) is 0 Å². The summed E-state index contributed by atoms with van der Waals surface area (Å²) in [6.07, 6.45) is 1.46. The standard InChI is InChI=1S/C12H11NO4S/c1-2-7-13-18(15,16)10-4-5-11-9(8-10)3-6-12(14)17-11/h2-6,8,13H,1,7H2. The largest absolute Gasteiger partial charge is 0.423 e. The molecule has 0 saturated heterocycles. The number of sulfonamides is 1. The minimum atomic E-state index is -3.57. The van der Waals surface area contributed by atoms with Crippen LogP contribution in [0.2, 0.25) is 0 Å². The van der Waals surface area contributed by atoms with Gasteiger partial charge in [-0.2, -0.15) is 0 Å². The zero-order chi connectivity index (χ0) is 13.2. The Labute approximate surface area is 104 Å². The van der Waals surface area contributed by atoms with Crippen LogP contribution in [-0.2, 0) is 10.0 Å². The molecule has 0 bridgehead atoms. The molecular weight excluding hydrogens is 254 g/mol. The van der Waals surface area contributed by atoms with Crippen molar-refractivity contribution in [3.63, 3.8) is 0 Å². The van der Waals surface area contributed by atoms with Gasteiger partial charge in [-0.3, -0.25) is 0 Å². The minimum Gasteiger partial charge on any atom is -0.423 e. The highest BCUT2D eigenvalue weighted by molar-refractivity contribution is 7.89. The van der Waals surface area contributed by atoms with Crippen LogP contribution < -0.4 is 10.3 Å². The average Bonchev–Trinajstić information content (AvgIpc) is 2.35. The highest BCUT2D eigenvalue weighted by atomic mass is 32.2. The molecule has 1 heterocycles. The monoisotopic (exact) mass is 265 g/mol. The Hall–Kier alpha value is -1.92. The lowest BCUT2D eigenvalue weighted by molar-refractivity contribution is 0.560. The molecule has 0 radical (unpaired) electrons. The summed E-state index contributed by atoms with van der Waals surface area (Å²) in [7, 11) is -3.57. The third kappa shape index (κ3) is 2.49. The van der Waals surface area contributed by atoms with Crippen molar-refractivity contribution in [3.8, 4) is 0 Å². The quantitative estimate of drug-likeness (QED) is 0.667. The van der Waals surface area contributed by atoms with E-state index >= 15 is 0 Å². The number of nitrogens with one attached hydrogen (secondary N) is 1. The molecule has 0 aliphatic heterocycles. The lowest BCUT2D eigenvalue weighted by Gasteiger charge is -2.05. The lowest BCUT2D eigenvalue weighted by atomic mass is 10.2. The summed E-state index contributed by atoms with van der Waals surface area (Å²) in [4.78, 5) is 11.1. The number of rotatable bonds is 4. The number of hydrogen-bond donors (Lipinski definition) is 1. The van der Waals surface area contributed by atoms with E-state index in [1.54, 1.807) is 0 Å². The van der Waals surface area contributed by atoms with Gasteiger partial charge in [-0.25, -0.2) is 17.9 Å². The zero-order valence-electron chi connectivity index (χ0n) is 9.42. The molecule has 1 aromatic heterocycles. The minimum absolute atomic E-state index is 0.116. The SMILES string of the molecule is C=CCNS(=O)(=O)c1ccc2oc(=O)ccc2c1. The van der Waals surface area contributed by atoms with E-state index in [9.17, 15) is 13.2 Å². The van der Waals surface area contributed by atoms with Gasteiger partial charge in [0.25, 0.3) is 0 Å². The molecule has 1 aromatic carbocycles. The first-order chi connectivity index (χ1) is 8.53. The van der Waals surface area contributed by atoms with E-state index in [0.717, 1.165) is 0 Å². The Morgan fingerprint density at radius 1 is 1.28 bits per heavy atom. The van der Waals surface area contributed by atoms with Gasteiger partial charge >= 0.3 is 5.63 Å². The summed E-state index contributed by atoms with van der Waals surface area (Å²) in [5, 5.41) is 0.552. The van der Waals surface area contributed by atoms with Crippen LogP contribution in [0.25, 0.3) is 11.0 Å². The fraction of sp³-hybridized carbons (Fsp3) is 0.0833. The molecule has 18 heavy (non-hydrogen) atoms. The van der Waals surface area contributed by atoms with Crippen molar-refractivity contribution >= 4 is 21.0 Å². The molecule has 0 unspecified atom stereocenters. The predicted octanol–water partition coefficient (Wildman–Crippen LogP) is 1.26. The number of fused-ring (bicyclic) bond motifs is 1. The molecule has 5 nitrogen and oxygen atoms in total. The van der Waals surface area contributed by atoms with Crippen molar-refractivity contribution in [2.75, 3.05) is 6.54 Å². The van der Waals surface area contributed by atoms with Crippen molar-refractivity contribution in [2.45, 2.75) is 4.90 Å². The molecule has 0 aliphatic rings. The third-order valence-electron chi connectivity index (χ3n) is 2.32. The van der Waals surface area contributed by atoms with Crippen LogP contribution in [0.4, 0.5) is 0 Å². The Morgan fingerprint density at radius 2 is 2.06 bits per heavy atom. The van der Waals surface area contributed by atoms with Gasteiger partial charge in [0, 0.05) is 18.0 Å². The average molecular weight is 265 g/mol. The van der Waals surface area contributed by atoms with Crippen LogP contribution in [0, 0.1) is 0 Å². The molecule has 0 aliphatic carbocycles. The van der Waals surface area contributed by atoms with Gasteiger partial charge in [-0.15, -0.1) is 6.58 Å². The van der Waals surface area contributed by atoms with Crippen LogP contribution >= 0.6 is 0 Å². The first kappa shape index (κ1) is 12.5. The fourth-order valence-electron chi connectivity index (χ4n) is 1.47. The van der Waals surface area contributed by atoms with E-state index in [1.807, 2.05) is 0 Å². The second kappa shape index (κ2) is 4.75. The molecule has 0 amide bonds. The first-order valence-corrected chi connectivity index (χ1v) is 6.66. The van der Waals surface area contributed by atoms with E-state index in [2.05, 4.69) is 11.3 Å². The zero-order valence-corrected chi connectivity index (χ0v) is 10.2. The molecule has 0 fully saturated rings. The summed E-state index contributed by atoms with van der Waals surface area (Å²) in [5.41, 5.74) is -0.118. The van der Waals surface area contributed by atoms with Gasteiger partial charge in [0.15, 0.2) is 0 Å². The van der Waals surface area contributed by atoms with Crippen LogP contribution in [0.15, 0.2) is 57.1 Å². The molecule has 2 rings (SSSR count). The van der Waals surface area contributed by atoms with Gasteiger partial charge in [-0.1, -0.05) is 6.08 Å². The van der Waals surface area contributed by atoms with Gasteiger partial charge in [0.2, 0.25) is 10.0 Å². The summed E-state index contributed by atoms with van der Waals surface area (Å²) in [6.45, 7) is 3.60. The van der Waals surface area contributed by atoms with E-state index in [4.69, 9.17) is 4.42 Å². The normalized spacial score (nSPS) is 11.6. The van der Waals surface area contributed by atoms with Crippen molar-refractivity contribution in [1.29, 1.82) is 0 Å². The van der Waals surface area contributed by atoms with E-state index in [0.29, 0.717) is 11.0 Å². The second-order valence-electron chi connectivity index (χ2n) is 3.59. The number of benzene rings is 1. The van der Waals surface area contributed by atoms with Gasteiger partial charge in [-0.05, 0) is 24.3 Å². The molecule has 0 spiro atoms. The third-order valence-corrected chi connectivity index (χ3v) is 3.74. The highest BCUT2D eigenvalue weighted by Crippen LogP contribution is 2.17. The van der Waals surface area contributed by atoms with Crippen LogP contribution in [0.5, 0.6) is 0 Å². The molecule has 6 heteroatoms. The van der Waals surface area contributed by atoms with Crippen LogP contribution in [-0.4, -0.2) is 15.0 Å². The first-order valence-electron chi connectivity index (χ1n) is 5.17. The topological polar surface area (TPSA) is 76.4 Å². The van der Waals surface area contributed by atoms with E-state index < -0.39 is 15.6 Å². The Kier molecular flexibility index (Phi) is 3.31. The van der Waals surface area contributed by atoms with E-state index in [1.165, 1.54) is 36.4 Å². The molecule has 2 aromatic rings. The Morgan fingerprint density at radius 3 is 2.78 bits per heavy atom. The summed E-state index contributed by atoms with van der Waals surface area (Å²) in [6, 6.07) is 7.06. The molecule has 1 N–H and O–H groups in total. The highest BCUT2D eigenvalue weighted by Gasteiger charge is 2.13. The number of hydrogen-bond acceptors (Lipinski definition) is 4. The van der Waals surface area contributed by atoms with Gasteiger partial charge in [0.05, 0.1) is 4.90 Å². The fourth-order valence-corrected chi connectivity index (χ4v) is 2.50. The van der Waals surface area contributed by atoms with Crippen LogP contribution in [0.1, 0.15) is 0 Å². The molecule has 0 saturated carbocycles. The molecule has 94 valence electrons. The van der Waals surface area contributed by atoms with Crippen molar-refractivity contribution in [1.82, 2.24) is 4.72 Å². The van der Waals surface area contributed by atoms with Crippen molar-refractivity contribution in [3.05, 3.63) is 53.4 Å². The maximum Gasteiger partial charge on any atom is 0.336 e. The molecule has 0 atom stereocenters. The smallest absolute Gasteiger partial charge is 0.336 e. The maximum atomic E-state index is 11.9. The van der Waals surface area contributed by atoms with Gasteiger partial charge < -0.3 is 4.42 Å². The molecular formula is C12H11NO4S. The van der Waals surface area contributed by atoms with Gasteiger partial charge in [0.1, 0.15) is 5.58 Å². The summed E-state index contributed by atoms with van der Waals surface area (Å²) in [5.74, 6) is 0. The van der Waals surface area contributed by atoms with Crippen molar-refractivity contribution < 1.29 is 12.8 Å². The summed E-state index contributed by atoms with van der Waals surface area (Å²) >= 11 is 0. The second-order valence-corrected chi connectivity index (χ2v) is 5.36. The van der Waals surface area contributed by atoms with Crippen LogP contribution in [0.3, 0.4) is 0 Å². The predicted molar refractivity (Wildman–Crippen MR) is 67.9 cm³/mol. The maximum absolute atomic E-state index is 11.9. The summed E-state index contributed by atoms with van der Waals surface area (Å²) < 4.78 is 31.0. The Balaban J connectivity index is 2.50. The van der Waals surface area contributed by atoms with E-state index in [-0.39, 0.29) is 11.4 Å². The lowest BCUT2D eigenvalue weighted by Crippen LogP contribution is -2.23.